The molecule has 0 saturated carbocycles. The molecule has 228 valence electrons. The first kappa shape index (κ1) is 29.5. The van der Waals surface area contributed by atoms with Gasteiger partial charge in [0, 0.05) is 37.9 Å². The predicted octanol–water partition coefficient (Wildman–Crippen LogP) is 4.78. The Morgan fingerprint density at radius 3 is 2.49 bits per heavy atom. The monoisotopic (exact) mass is 614 g/mol. The van der Waals surface area contributed by atoms with Gasteiger partial charge in [0.1, 0.15) is 10.5 Å². The van der Waals surface area contributed by atoms with Gasteiger partial charge in [0.05, 0.1) is 6.54 Å². The van der Waals surface area contributed by atoms with Crippen LogP contribution in [0.2, 0.25) is 0 Å². The Morgan fingerprint density at radius 2 is 1.84 bits per heavy atom. The van der Waals surface area contributed by atoms with Crippen molar-refractivity contribution in [1.29, 1.82) is 0 Å². The molecule has 9 nitrogen and oxygen atoms in total. The van der Waals surface area contributed by atoms with Gasteiger partial charge < -0.3 is 10.1 Å². The second kappa shape index (κ2) is 10.3. The van der Waals surface area contributed by atoms with Gasteiger partial charge in [-0.3, -0.25) is 4.40 Å². The molecule has 3 aromatic heterocycles. The van der Waals surface area contributed by atoms with Crippen LogP contribution in [0.15, 0.2) is 47.6 Å². The van der Waals surface area contributed by atoms with Gasteiger partial charge in [-0.05, 0) is 72.2 Å². The Morgan fingerprint density at radius 1 is 1.09 bits per heavy atom. The van der Waals surface area contributed by atoms with Crippen LogP contribution < -0.4 is 10.1 Å². The second-order valence-electron chi connectivity index (χ2n) is 12.0. The average molecular weight is 615 g/mol. The number of benzene rings is 1. The third kappa shape index (κ3) is 5.06. The lowest BCUT2D eigenvalue weighted by molar-refractivity contribution is -0.145. The number of halogens is 3. The van der Waals surface area contributed by atoms with Gasteiger partial charge in [-0.15, -0.1) is 10.2 Å². The fourth-order valence-electron chi connectivity index (χ4n) is 6.10. The van der Waals surface area contributed by atoms with Crippen LogP contribution in [0, 0.1) is 26.7 Å². The number of pyridine rings is 2. The van der Waals surface area contributed by atoms with E-state index in [1.807, 2.05) is 25.1 Å². The topological polar surface area (TPSA) is 102 Å². The second-order valence-corrected chi connectivity index (χ2v) is 13.9. The lowest BCUT2D eigenvalue weighted by Crippen LogP contribution is -2.67. The number of hydrogen-bond acceptors (Lipinski definition) is 7. The molecule has 0 bridgehead atoms. The molecule has 5 heterocycles. The summed E-state index contributed by atoms with van der Waals surface area (Å²) in [6, 6.07) is 9.27. The van der Waals surface area contributed by atoms with Gasteiger partial charge in [-0.1, -0.05) is 32.0 Å². The molecule has 1 saturated heterocycles. The molecule has 13 heteroatoms. The normalized spacial score (nSPS) is 18.7. The third-order valence-corrected chi connectivity index (χ3v) is 10.2. The van der Waals surface area contributed by atoms with Crippen molar-refractivity contribution < 1.29 is 26.3 Å². The summed E-state index contributed by atoms with van der Waals surface area (Å²) in [6.45, 7) is 10.9. The first-order valence-corrected chi connectivity index (χ1v) is 15.5. The molecule has 1 fully saturated rings. The zero-order chi connectivity index (χ0) is 30.9. The molecule has 1 atom stereocenters. The number of aromatic nitrogens is 4. The summed E-state index contributed by atoms with van der Waals surface area (Å²) in [6.07, 6.45) is -1.65. The zero-order valence-electron chi connectivity index (χ0n) is 24.5. The van der Waals surface area contributed by atoms with Crippen molar-refractivity contribution in [2.75, 3.05) is 19.6 Å². The number of sulfonamides is 1. The fourth-order valence-corrected chi connectivity index (χ4v) is 7.74. The molecule has 0 aliphatic carbocycles. The summed E-state index contributed by atoms with van der Waals surface area (Å²) in [5.74, 6) is -1.06. The minimum Gasteiger partial charge on any atom is -0.466 e. The summed E-state index contributed by atoms with van der Waals surface area (Å²) in [4.78, 5) is 4.37. The molecule has 0 amide bonds. The van der Waals surface area contributed by atoms with Crippen molar-refractivity contribution in [3.05, 3.63) is 81.9 Å². The van der Waals surface area contributed by atoms with E-state index in [1.165, 1.54) is 10.5 Å². The van der Waals surface area contributed by atoms with E-state index in [1.54, 1.807) is 32.2 Å². The summed E-state index contributed by atoms with van der Waals surface area (Å²) >= 11 is 0. The van der Waals surface area contributed by atoms with Crippen LogP contribution in [0.1, 0.15) is 59.0 Å². The van der Waals surface area contributed by atoms with E-state index in [0.29, 0.717) is 24.2 Å². The van der Waals surface area contributed by atoms with Crippen molar-refractivity contribution in [3.8, 4) is 5.88 Å². The molecule has 2 aliphatic rings. The van der Waals surface area contributed by atoms with Crippen LogP contribution in [-0.2, 0) is 22.7 Å². The number of aryl methyl sites for hydroxylation is 3. The highest BCUT2D eigenvalue weighted by Crippen LogP contribution is 2.39. The largest absolute Gasteiger partial charge is 0.466 e. The van der Waals surface area contributed by atoms with E-state index in [0.717, 1.165) is 26.7 Å². The van der Waals surface area contributed by atoms with Crippen molar-refractivity contribution in [2.45, 2.75) is 63.8 Å². The summed E-state index contributed by atoms with van der Waals surface area (Å²) in [7, 11) is -3.94. The third-order valence-electron chi connectivity index (χ3n) is 8.45. The Balaban J connectivity index is 1.40. The van der Waals surface area contributed by atoms with Crippen molar-refractivity contribution in [3.63, 3.8) is 0 Å². The minimum atomic E-state index is -4.63. The molecule has 0 radical (unpaired) electrons. The number of fused-ring (bicyclic) bond motifs is 2. The number of rotatable bonds is 5. The van der Waals surface area contributed by atoms with Crippen LogP contribution in [0.5, 0.6) is 5.88 Å². The summed E-state index contributed by atoms with van der Waals surface area (Å²) in [5, 5.41) is 10.5. The lowest BCUT2D eigenvalue weighted by atomic mass is 9.80. The van der Waals surface area contributed by atoms with Crippen LogP contribution in [-0.4, -0.2) is 57.5 Å². The summed E-state index contributed by atoms with van der Waals surface area (Å²) < 4.78 is 77.1. The number of alkyl halides is 3. The number of hydrogen-bond donors (Lipinski definition) is 1. The molecule has 2 aliphatic heterocycles. The van der Waals surface area contributed by atoms with Crippen molar-refractivity contribution in [1.82, 2.24) is 29.2 Å². The van der Waals surface area contributed by atoms with Gasteiger partial charge in [0.15, 0.2) is 5.65 Å². The quantitative estimate of drug-likeness (QED) is 0.345. The SMILES string of the molecule is Cc1cnc2c(c1)S(=O)(=O)N(Cc1cc([C@H](c3ccn4c(C(F)(F)F)nnc4c3C)C(C)C)ccc1C)CC1(CNC1)O2. The molecule has 0 unspecified atom stereocenters. The molecule has 43 heavy (non-hydrogen) atoms. The van der Waals surface area contributed by atoms with Gasteiger partial charge >= 0.3 is 6.18 Å². The van der Waals surface area contributed by atoms with Gasteiger partial charge in [0.25, 0.3) is 0 Å². The maximum atomic E-state index is 14.0. The highest BCUT2D eigenvalue weighted by Gasteiger charge is 2.48. The van der Waals surface area contributed by atoms with Crippen LogP contribution >= 0.6 is 0 Å². The zero-order valence-corrected chi connectivity index (χ0v) is 25.3. The highest BCUT2D eigenvalue weighted by molar-refractivity contribution is 7.89. The van der Waals surface area contributed by atoms with E-state index < -0.39 is 27.6 Å². The van der Waals surface area contributed by atoms with Crippen molar-refractivity contribution in [2.24, 2.45) is 5.92 Å². The van der Waals surface area contributed by atoms with E-state index in [4.69, 9.17) is 4.74 Å². The smallest absolute Gasteiger partial charge is 0.452 e. The molecule has 1 N–H and O–H groups in total. The first-order chi connectivity index (χ1) is 20.2. The molecular formula is C30H33F3N6O3S. The molecule has 6 rings (SSSR count). The molecule has 1 aromatic carbocycles. The van der Waals surface area contributed by atoms with Crippen molar-refractivity contribution >= 4 is 15.7 Å². The number of nitrogens with zero attached hydrogens (tertiary/aromatic N) is 5. The molecular weight excluding hydrogens is 581 g/mol. The van der Waals surface area contributed by atoms with E-state index in [-0.39, 0.29) is 41.3 Å². The van der Waals surface area contributed by atoms with E-state index >= 15 is 0 Å². The highest BCUT2D eigenvalue weighted by atomic mass is 32.2. The average Bonchev–Trinajstić information content (AvgIpc) is 3.33. The van der Waals surface area contributed by atoms with Crippen LogP contribution in [0.25, 0.3) is 5.65 Å². The van der Waals surface area contributed by atoms with E-state index in [2.05, 4.69) is 34.3 Å². The Kier molecular flexibility index (Phi) is 7.05. The standard InChI is InChI=1S/C30H33F3N6O3S/c1-17(2)25(23-8-9-39-26(20(23)5)36-37-28(39)30(31,32)33)21-7-6-19(4)22(11-21)13-38-16-29(14-34-15-29)42-27-24(43(38,40)41)10-18(3)12-35-27/h6-12,17,25,34H,13-16H2,1-5H3/t25-/m1/s1. The molecule has 1 spiro atoms. The maximum absolute atomic E-state index is 14.0. The fraction of sp³-hybridized carbons (Fsp3) is 0.433. The Labute approximate surface area is 248 Å². The van der Waals surface area contributed by atoms with Gasteiger partial charge in [-0.2, -0.15) is 17.5 Å². The lowest BCUT2D eigenvalue weighted by Gasteiger charge is -2.42. The van der Waals surface area contributed by atoms with Crippen LogP contribution in [0.4, 0.5) is 13.2 Å². The maximum Gasteiger partial charge on any atom is 0.452 e. The van der Waals surface area contributed by atoms with Gasteiger partial charge in [0.2, 0.25) is 21.7 Å². The van der Waals surface area contributed by atoms with Crippen LogP contribution in [0.3, 0.4) is 0 Å². The Hall–Kier alpha value is -3.55. The molecule has 4 aromatic rings. The first-order valence-electron chi connectivity index (χ1n) is 14.1. The predicted molar refractivity (Wildman–Crippen MR) is 153 cm³/mol. The Bertz CT molecular complexity index is 1830. The summed E-state index contributed by atoms with van der Waals surface area (Å²) in [5.41, 5.74) is 4.29. The van der Waals surface area contributed by atoms with E-state index in [9.17, 15) is 21.6 Å². The number of nitrogens with one attached hydrogen (secondary N) is 1. The van der Waals surface area contributed by atoms with Gasteiger partial charge in [-0.25, -0.2) is 13.4 Å². The number of ether oxygens (including phenoxy) is 1. The minimum absolute atomic E-state index is 0.0561.